The van der Waals surface area contributed by atoms with Gasteiger partial charge in [-0.05, 0) is 48.8 Å². The molecular weight excluding hydrogens is 258 g/mol. The highest BCUT2D eigenvalue weighted by molar-refractivity contribution is 6.30. The van der Waals surface area contributed by atoms with Crippen molar-refractivity contribution < 1.29 is 5.11 Å². The summed E-state index contributed by atoms with van der Waals surface area (Å²) in [7, 11) is 0. The van der Waals surface area contributed by atoms with Gasteiger partial charge in [-0.15, -0.1) is 0 Å². The van der Waals surface area contributed by atoms with Crippen molar-refractivity contribution in [3.05, 3.63) is 34.9 Å². The fraction of sp³-hybridized carbons (Fsp3) is 0.625. The van der Waals surface area contributed by atoms with Crippen LogP contribution in [0.1, 0.15) is 44.6 Å². The van der Waals surface area contributed by atoms with Crippen molar-refractivity contribution in [3.8, 4) is 0 Å². The van der Waals surface area contributed by atoms with Crippen molar-refractivity contribution in [3.63, 3.8) is 0 Å². The molecule has 106 valence electrons. The molecule has 1 aliphatic carbocycles. The monoisotopic (exact) mass is 281 g/mol. The second kappa shape index (κ2) is 6.74. The maximum atomic E-state index is 9.10. The van der Waals surface area contributed by atoms with Crippen molar-refractivity contribution in [2.24, 2.45) is 5.92 Å². The molecule has 0 aliphatic heterocycles. The largest absolute Gasteiger partial charge is 0.396 e. The Morgan fingerprint density at radius 2 is 2.11 bits per heavy atom. The van der Waals surface area contributed by atoms with Crippen LogP contribution in [0.4, 0.5) is 0 Å². The Labute approximate surface area is 121 Å². The van der Waals surface area contributed by atoms with Crippen molar-refractivity contribution in [2.75, 3.05) is 6.61 Å². The summed E-state index contributed by atoms with van der Waals surface area (Å²) in [5.74, 6) is 1.20. The average Bonchev–Trinajstić information content (AvgIpc) is 2.31. The summed E-state index contributed by atoms with van der Waals surface area (Å²) in [6.45, 7) is 4.68. The molecule has 0 radical (unpaired) electrons. The summed E-state index contributed by atoms with van der Waals surface area (Å²) in [6, 6.07) is 9.21. The van der Waals surface area contributed by atoms with Crippen LogP contribution >= 0.6 is 11.6 Å². The zero-order valence-corrected chi connectivity index (χ0v) is 12.5. The zero-order valence-electron chi connectivity index (χ0n) is 11.8. The summed E-state index contributed by atoms with van der Waals surface area (Å²) in [6.07, 6.45) is 3.19. The number of halogens is 1. The molecule has 1 unspecified atom stereocenters. The molecule has 1 fully saturated rings. The quantitative estimate of drug-likeness (QED) is 0.835. The number of hydrogen-bond acceptors (Lipinski definition) is 2. The first-order valence-electron chi connectivity index (χ1n) is 7.22. The maximum Gasteiger partial charge on any atom is 0.0445 e. The molecule has 3 heteroatoms. The lowest BCUT2D eigenvalue weighted by Crippen LogP contribution is -2.47. The molecule has 1 aromatic rings. The average molecular weight is 282 g/mol. The maximum absolute atomic E-state index is 9.10. The third-order valence-corrected chi connectivity index (χ3v) is 4.39. The lowest BCUT2D eigenvalue weighted by atomic mass is 9.75. The second-order valence-electron chi connectivity index (χ2n) is 5.95. The van der Waals surface area contributed by atoms with E-state index in [9.17, 15) is 0 Å². The smallest absolute Gasteiger partial charge is 0.0445 e. The van der Waals surface area contributed by atoms with E-state index >= 15 is 0 Å². The molecule has 0 bridgehead atoms. The highest BCUT2D eigenvalue weighted by Gasteiger charge is 2.32. The van der Waals surface area contributed by atoms with Gasteiger partial charge in [-0.3, -0.25) is 0 Å². The second-order valence-corrected chi connectivity index (χ2v) is 6.39. The van der Waals surface area contributed by atoms with Crippen molar-refractivity contribution in [1.82, 2.24) is 5.32 Å². The van der Waals surface area contributed by atoms with E-state index in [-0.39, 0.29) is 6.61 Å². The Hall–Kier alpha value is -0.570. The van der Waals surface area contributed by atoms with Crippen molar-refractivity contribution in [1.29, 1.82) is 0 Å². The fourth-order valence-electron chi connectivity index (χ4n) is 2.84. The molecule has 1 aliphatic rings. The molecule has 0 spiro atoms. The van der Waals surface area contributed by atoms with Crippen molar-refractivity contribution >= 4 is 11.6 Å². The van der Waals surface area contributed by atoms with E-state index in [4.69, 9.17) is 16.7 Å². The highest BCUT2D eigenvalue weighted by atomic mass is 35.5. The van der Waals surface area contributed by atoms with Crippen LogP contribution in [0.2, 0.25) is 5.02 Å². The minimum atomic E-state index is 0.264. The van der Waals surface area contributed by atoms with E-state index < -0.39 is 0 Å². The van der Waals surface area contributed by atoms with Gasteiger partial charge in [0.05, 0.1) is 0 Å². The Bertz CT molecular complexity index is 401. The van der Waals surface area contributed by atoms with Gasteiger partial charge < -0.3 is 10.4 Å². The number of aliphatic hydroxyl groups is 1. The van der Waals surface area contributed by atoms with Crippen LogP contribution in [-0.2, 0) is 0 Å². The summed E-state index contributed by atoms with van der Waals surface area (Å²) < 4.78 is 0. The third-order valence-electron chi connectivity index (χ3n) is 4.15. The molecule has 1 aromatic carbocycles. The minimum Gasteiger partial charge on any atom is -0.396 e. The first kappa shape index (κ1) is 14.8. The summed E-state index contributed by atoms with van der Waals surface area (Å²) in [5.41, 5.74) is 1.36. The summed E-state index contributed by atoms with van der Waals surface area (Å²) >= 11 is 6.03. The molecule has 0 saturated heterocycles. The Balaban J connectivity index is 1.82. The van der Waals surface area contributed by atoms with Gasteiger partial charge in [-0.2, -0.15) is 0 Å². The summed E-state index contributed by atoms with van der Waals surface area (Å²) in [5, 5.41) is 13.6. The normalized spacial score (nSPS) is 24.3. The van der Waals surface area contributed by atoms with E-state index in [0.29, 0.717) is 23.9 Å². The predicted molar refractivity (Wildman–Crippen MR) is 80.7 cm³/mol. The first-order valence-corrected chi connectivity index (χ1v) is 7.60. The van der Waals surface area contributed by atoms with E-state index in [2.05, 4.69) is 31.3 Å². The van der Waals surface area contributed by atoms with Gasteiger partial charge in [0, 0.05) is 23.7 Å². The number of aliphatic hydroxyl groups excluding tert-OH is 1. The lowest BCUT2D eigenvalue weighted by Gasteiger charge is -2.39. The standard InChI is InChI=1S/C16H24ClNO/c1-11(2)16(6-7-19)18-15-9-13(10-15)12-4-3-5-14(17)8-12/h3-5,8,11,13,15-16,18-19H,6-7,9-10H2,1-2H3. The SMILES string of the molecule is CC(C)C(CCO)NC1CC(c2cccc(Cl)c2)C1. The van der Waals surface area contributed by atoms with Crippen LogP contribution in [-0.4, -0.2) is 23.8 Å². The van der Waals surface area contributed by atoms with E-state index in [1.807, 2.05) is 12.1 Å². The summed E-state index contributed by atoms with van der Waals surface area (Å²) in [4.78, 5) is 0. The molecule has 1 saturated carbocycles. The zero-order chi connectivity index (χ0) is 13.8. The van der Waals surface area contributed by atoms with Crippen LogP contribution in [0.5, 0.6) is 0 Å². The third kappa shape index (κ3) is 3.95. The van der Waals surface area contributed by atoms with Gasteiger partial charge in [0.25, 0.3) is 0 Å². The van der Waals surface area contributed by atoms with Crippen molar-refractivity contribution in [2.45, 2.75) is 51.1 Å². The van der Waals surface area contributed by atoms with Gasteiger partial charge in [-0.1, -0.05) is 37.6 Å². The first-order chi connectivity index (χ1) is 9.10. The van der Waals surface area contributed by atoms with Crippen LogP contribution in [0.15, 0.2) is 24.3 Å². The lowest BCUT2D eigenvalue weighted by molar-refractivity contribution is 0.199. The molecule has 19 heavy (non-hydrogen) atoms. The minimum absolute atomic E-state index is 0.264. The Morgan fingerprint density at radius 3 is 2.68 bits per heavy atom. The van der Waals surface area contributed by atoms with Crippen LogP contribution in [0.25, 0.3) is 0 Å². The molecule has 0 aromatic heterocycles. The van der Waals surface area contributed by atoms with Crippen LogP contribution in [0.3, 0.4) is 0 Å². The molecule has 2 N–H and O–H groups in total. The van der Waals surface area contributed by atoms with Gasteiger partial charge in [0.1, 0.15) is 0 Å². The molecule has 0 amide bonds. The van der Waals surface area contributed by atoms with Gasteiger partial charge in [0.15, 0.2) is 0 Å². The molecule has 0 heterocycles. The fourth-order valence-corrected chi connectivity index (χ4v) is 3.04. The van der Waals surface area contributed by atoms with Crippen LogP contribution < -0.4 is 5.32 Å². The van der Waals surface area contributed by atoms with Gasteiger partial charge >= 0.3 is 0 Å². The molecule has 2 rings (SSSR count). The van der Waals surface area contributed by atoms with E-state index in [1.54, 1.807) is 0 Å². The number of nitrogens with one attached hydrogen (secondary N) is 1. The molecule has 2 nitrogen and oxygen atoms in total. The van der Waals surface area contributed by atoms with E-state index in [1.165, 1.54) is 18.4 Å². The highest BCUT2D eigenvalue weighted by Crippen LogP contribution is 2.38. The number of benzene rings is 1. The number of rotatable bonds is 6. The van der Waals surface area contributed by atoms with Crippen LogP contribution in [0, 0.1) is 5.92 Å². The topological polar surface area (TPSA) is 32.3 Å². The number of hydrogen-bond donors (Lipinski definition) is 2. The Morgan fingerprint density at radius 1 is 1.37 bits per heavy atom. The Kier molecular flexibility index (Phi) is 5.26. The molecule has 1 atom stereocenters. The molecular formula is C16H24ClNO. The predicted octanol–water partition coefficient (Wildman–Crippen LogP) is 3.58. The van der Waals surface area contributed by atoms with Gasteiger partial charge in [-0.25, -0.2) is 0 Å². The van der Waals surface area contributed by atoms with E-state index in [0.717, 1.165) is 11.4 Å². The van der Waals surface area contributed by atoms with Gasteiger partial charge in [0.2, 0.25) is 0 Å².